The number of ether oxygens (including phenoxy) is 3. The minimum absolute atomic E-state index is 0.0243. The number of benzene rings is 20. The minimum atomic E-state index is 0.0243. The van der Waals surface area contributed by atoms with Crippen LogP contribution in [0.5, 0.6) is 23.0 Å². The van der Waals surface area contributed by atoms with Gasteiger partial charge in [-0.2, -0.15) is 0 Å². The van der Waals surface area contributed by atoms with Gasteiger partial charge in [-0.3, -0.25) is 0 Å². The van der Waals surface area contributed by atoms with Crippen molar-refractivity contribution in [1.82, 2.24) is 4.57 Å². The number of nitrogens with zero attached hydrogens (tertiary/aromatic N) is 1. The molecule has 7 heteroatoms. The summed E-state index contributed by atoms with van der Waals surface area (Å²) < 4.78 is 40.6. The van der Waals surface area contributed by atoms with E-state index in [1.807, 2.05) is 0 Å². The van der Waals surface area contributed by atoms with Gasteiger partial charge in [0.05, 0.1) is 25.3 Å². The first kappa shape index (κ1) is 80.9. The van der Waals surface area contributed by atoms with Crippen molar-refractivity contribution in [2.24, 2.45) is 0 Å². The Kier molecular flexibility index (Phi) is 17.4. The van der Waals surface area contributed by atoms with Gasteiger partial charge in [-0.15, -0.1) is 0 Å². The van der Waals surface area contributed by atoms with Gasteiger partial charge in [-0.25, -0.2) is 0 Å². The number of fused-ring (bicyclic) bond motifs is 28. The molecule has 0 bridgehead atoms. The molecule has 20 aromatic carbocycles. The van der Waals surface area contributed by atoms with Crippen LogP contribution >= 0.6 is 0 Å². The van der Waals surface area contributed by atoms with E-state index in [4.69, 9.17) is 27.5 Å². The first-order chi connectivity index (χ1) is 64.8. The molecule has 0 N–H and O–H groups in total. The molecular weight excluding hydrogens is 1640 g/mol. The number of rotatable bonds is 6. The lowest BCUT2D eigenvalue weighted by atomic mass is 9.67. The van der Waals surface area contributed by atoms with E-state index >= 15 is 0 Å². The summed E-state index contributed by atoms with van der Waals surface area (Å²) in [7, 11) is 3.60. The number of aryl methyl sites for hydroxylation is 2. The third kappa shape index (κ3) is 11.7. The zero-order chi connectivity index (χ0) is 91.0. The molecule has 0 radical (unpaired) electrons. The highest BCUT2D eigenvalue weighted by Crippen LogP contribution is 2.64. The van der Waals surface area contributed by atoms with Crippen LogP contribution in [0.15, 0.2) is 274 Å². The molecule has 7 nitrogen and oxygen atoms in total. The van der Waals surface area contributed by atoms with Crippen LogP contribution in [0.4, 0.5) is 0 Å². The molecule has 24 aromatic rings. The van der Waals surface area contributed by atoms with Crippen molar-refractivity contribution < 1.29 is 27.5 Å². The van der Waals surface area contributed by atoms with Gasteiger partial charge in [-0.05, 0) is 347 Å². The molecule has 0 unspecified atom stereocenters. The quantitative estimate of drug-likeness (QED) is 0.155. The molecule has 4 heterocycles. The van der Waals surface area contributed by atoms with E-state index < -0.39 is 0 Å². The first-order valence-corrected chi connectivity index (χ1v) is 48.8. The van der Waals surface area contributed by atoms with E-state index in [9.17, 15) is 0 Å². The van der Waals surface area contributed by atoms with Crippen LogP contribution in [0, 0.1) is 13.8 Å². The van der Waals surface area contributed by atoms with Crippen molar-refractivity contribution in [1.29, 1.82) is 0 Å². The fourth-order valence-corrected chi connectivity index (χ4v) is 25.7. The van der Waals surface area contributed by atoms with Gasteiger partial charge in [0, 0.05) is 70.4 Å². The molecule has 4 aliphatic carbocycles. The Morgan fingerprint density at radius 3 is 1.29 bits per heavy atom. The Balaban J connectivity index is 0.000000105. The molecule has 134 heavy (non-hydrogen) atoms. The number of hydrogen-bond donors (Lipinski definition) is 0. The molecule has 4 aromatic heterocycles. The lowest BCUT2D eigenvalue weighted by Gasteiger charge is -2.36. The van der Waals surface area contributed by atoms with Gasteiger partial charge in [0.25, 0.3) is 0 Å². The predicted octanol–water partition coefficient (Wildman–Crippen LogP) is 36.5. The summed E-state index contributed by atoms with van der Waals surface area (Å²) >= 11 is 0. The van der Waals surface area contributed by atoms with Crippen molar-refractivity contribution in [3.8, 4) is 50.9 Å². The van der Waals surface area contributed by atoms with Gasteiger partial charge in [0.2, 0.25) is 0 Å². The highest BCUT2D eigenvalue weighted by Gasteiger charge is 2.48. The van der Waals surface area contributed by atoms with Crippen LogP contribution in [0.1, 0.15) is 202 Å². The molecule has 2 spiro atoms. The van der Waals surface area contributed by atoms with Crippen LogP contribution in [-0.4, -0.2) is 18.8 Å². The largest absolute Gasteiger partial charge is 0.497 e. The maximum atomic E-state index is 6.79. The third-order valence-electron chi connectivity index (χ3n) is 32.0. The molecule has 658 valence electrons. The Morgan fingerprint density at radius 2 is 0.754 bits per heavy atom. The lowest BCUT2D eigenvalue weighted by molar-refractivity contribution is 0.350. The Morgan fingerprint density at radius 1 is 0.299 bits per heavy atom. The summed E-state index contributed by atoms with van der Waals surface area (Å²) in [5.41, 5.74) is 28.9. The highest BCUT2D eigenvalue weighted by molar-refractivity contribution is 6.40. The molecule has 0 aliphatic heterocycles. The average molecular weight is 1750 g/mol. The number of aromatic nitrogens is 1. The molecular formula is C127H109NO6. The van der Waals surface area contributed by atoms with E-state index in [0.29, 0.717) is 5.92 Å². The minimum Gasteiger partial charge on any atom is -0.497 e. The maximum absolute atomic E-state index is 6.79. The summed E-state index contributed by atoms with van der Waals surface area (Å²) in [6, 6.07) is 97.9. The van der Waals surface area contributed by atoms with Gasteiger partial charge < -0.3 is 32.0 Å². The fourth-order valence-electron chi connectivity index (χ4n) is 25.7. The summed E-state index contributed by atoms with van der Waals surface area (Å²) in [6.07, 6.45) is 12.7. The Hall–Kier alpha value is -13.9. The SMILES string of the molecule is CC(C)c1cc2cc3oc4ccc(C(C)(C)C)cc4c3c3ccc4c(c1cc1c4c4ccccc4n1-c1ccccc1)c23.COc1ccc2c(c1)C1(CCCCC1)c1cc3ccc4cc5c(c6ccc(c1-2)c3c46)-c1ccc(OC)cc1C51CCCCC1.Cc1cc(C)cc(Oc2cc3cc4oc5cc(C(C)(C)C)ccc5c4c4ccc5c6c(cc2c5c34)oc2cc(C(C)(C)C)ccc26)c1. The van der Waals surface area contributed by atoms with E-state index in [0.717, 1.165) is 88.8 Å². The van der Waals surface area contributed by atoms with Crippen molar-refractivity contribution in [2.45, 2.75) is 187 Å². The van der Waals surface area contributed by atoms with Crippen LogP contribution in [-0.2, 0) is 27.1 Å². The van der Waals surface area contributed by atoms with Crippen LogP contribution in [0.2, 0.25) is 0 Å². The standard InChI is InChI=1S/C44H38O3.C42H38O2.C41H33NO/c1-23-15-24(2)17-28(16-23)45-34-18-25-19-37-40(29-11-9-26(43(3,4)5)20-35(29)46-37)31-13-14-32-41-30-12-10-27(44(6,7)8)21-36(30)47-38(41)22-33(34)42(32)39(25)31;1-43-27-11-13-29-33(23-27)41(17-5-3-6-18-41)35-21-25-9-10-26-22-36-40(32-16-15-31(39(29)35)37(25)38(26)32)30-14-12-28(44-2)24-34(30)42(36)19-7-4-8-20-42;1-23(2)30-19-24-20-36-39(32-21-25(41(3,4)5)15-18-35(32)43-36)28-16-17-29-38-27-13-9-10-14-33(27)42(26-11-7-6-8-12-26)34(38)22-31(30)40(29)37(24)28/h9-22H,1-8H3;9-16,21-24H,3-8,17-20H2,1-2H3;6-23H,1-5H3. The van der Waals surface area contributed by atoms with Crippen molar-refractivity contribution >= 4 is 185 Å². The molecule has 4 aliphatic rings. The number of para-hydroxylation sites is 2. The molecule has 0 saturated heterocycles. The second kappa shape index (κ2) is 28.8. The van der Waals surface area contributed by atoms with Crippen molar-refractivity contribution in [3.05, 3.63) is 316 Å². The zero-order valence-corrected chi connectivity index (χ0v) is 79.4. The van der Waals surface area contributed by atoms with E-state index in [2.05, 4.69) is 355 Å². The van der Waals surface area contributed by atoms with Crippen molar-refractivity contribution in [3.63, 3.8) is 0 Å². The van der Waals surface area contributed by atoms with Gasteiger partial charge >= 0.3 is 0 Å². The van der Waals surface area contributed by atoms with Crippen LogP contribution in [0.25, 0.3) is 213 Å². The zero-order valence-electron chi connectivity index (χ0n) is 79.4. The number of furan rings is 3. The molecule has 2 fully saturated rings. The maximum Gasteiger partial charge on any atom is 0.136 e. The lowest BCUT2D eigenvalue weighted by Crippen LogP contribution is -2.28. The summed E-state index contributed by atoms with van der Waals surface area (Å²) in [5.74, 6) is 3.97. The van der Waals surface area contributed by atoms with Gasteiger partial charge in [-0.1, -0.05) is 254 Å². The molecule has 0 atom stereocenters. The summed E-state index contributed by atoms with van der Waals surface area (Å²) in [5, 5.41) is 33.0. The molecule has 28 rings (SSSR count). The monoisotopic (exact) mass is 1740 g/mol. The van der Waals surface area contributed by atoms with Crippen LogP contribution < -0.4 is 14.2 Å². The second-order valence-corrected chi connectivity index (χ2v) is 43.3. The smallest absolute Gasteiger partial charge is 0.136 e. The van der Waals surface area contributed by atoms with Crippen LogP contribution in [0.3, 0.4) is 0 Å². The van der Waals surface area contributed by atoms with Crippen molar-refractivity contribution in [2.75, 3.05) is 14.2 Å². The fraction of sp³-hybridized carbons (Fsp3) is 0.244. The Labute approximate surface area is 780 Å². The topological polar surface area (TPSA) is 72.0 Å². The second-order valence-electron chi connectivity index (χ2n) is 43.3. The predicted molar refractivity (Wildman–Crippen MR) is 564 cm³/mol. The number of hydrogen-bond acceptors (Lipinski definition) is 6. The van der Waals surface area contributed by atoms with E-state index in [1.54, 1.807) is 25.3 Å². The number of methoxy groups -OCH3 is 2. The van der Waals surface area contributed by atoms with E-state index in [1.165, 1.54) is 255 Å². The average Bonchev–Trinajstić information content (AvgIpc) is 1.46. The summed E-state index contributed by atoms with van der Waals surface area (Å²) in [4.78, 5) is 0. The first-order valence-electron chi connectivity index (χ1n) is 48.8. The Bertz CT molecular complexity index is 8940. The van der Waals surface area contributed by atoms with Gasteiger partial charge in [0.1, 0.15) is 56.5 Å². The normalized spacial score (nSPS) is 15.0. The molecule has 2 saturated carbocycles. The third-order valence-corrected chi connectivity index (χ3v) is 32.0. The highest BCUT2D eigenvalue weighted by atomic mass is 16.5. The van der Waals surface area contributed by atoms with Gasteiger partial charge in [0.15, 0.2) is 0 Å². The van der Waals surface area contributed by atoms with E-state index in [-0.39, 0.29) is 27.1 Å². The molecule has 0 amide bonds. The summed E-state index contributed by atoms with van der Waals surface area (Å²) in [6.45, 7) is 29.1.